The molecule has 0 atom stereocenters. The van der Waals surface area contributed by atoms with Crippen molar-refractivity contribution in [2.24, 2.45) is 0 Å². The number of fused-ring (bicyclic) bond motifs is 1. The average Bonchev–Trinajstić information content (AvgIpc) is 3.16. The van der Waals surface area contributed by atoms with Crippen molar-refractivity contribution in [2.45, 2.75) is 46.1 Å². The van der Waals surface area contributed by atoms with Crippen molar-refractivity contribution in [1.29, 1.82) is 0 Å². The molecule has 0 bridgehead atoms. The van der Waals surface area contributed by atoms with E-state index < -0.39 is 0 Å². The van der Waals surface area contributed by atoms with Crippen molar-refractivity contribution in [2.75, 3.05) is 34.4 Å². The predicted molar refractivity (Wildman–Crippen MR) is 129 cm³/mol. The number of methoxy groups -OCH3 is 3. The van der Waals surface area contributed by atoms with Crippen LogP contribution in [0.3, 0.4) is 0 Å². The van der Waals surface area contributed by atoms with E-state index in [1.54, 1.807) is 24.3 Å². The molecule has 0 aromatic heterocycles. The summed E-state index contributed by atoms with van der Waals surface area (Å²) in [5, 5.41) is 12.8. The zero-order valence-electron chi connectivity index (χ0n) is 20.8. The van der Waals surface area contributed by atoms with Crippen LogP contribution in [-0.2, 0) is 6.54 Å². The van der Waals surface area contributed by atoms with Crippen LogP contribution < -0.4 is 29.0 Å². The Morgan fingerprint density at radius 3 is 2.12 bits per heavy atom. The van der Waals surface area contributed by atoms with Gasteiger partial charge in [-0.1, -0.05) is 38.5 Å². The number of ether oxygens (including phenoxy) is 4. The molecule has 0 radical (unpaired) electrons. The number of unbranched alkanes of at least 4 members (excludes halogenated alkanes) is 2. The molecule has 0 unspecified atom stereocenters. The Balaban J connectivity index is 1.95. The number of hydrogen-bond acceptors (Lipinski definition) is 6. The van der Waals surface area contributed by atoms with Crippen LogP contribution in [0.2, 0.25) is 0 Å². The molecule has 3 rings (SSSR count). The summed E-state index contributed by atoms with van der Waals surface area (Å²) in [6.07, 6.45) is 6.02. The van der Waals surface area contributed by atoms with Gasteiger partial charge in [0, 0.05) is 5.56 Å². The standard InChI is InChI=1S/C27H35NO6/c1-6-8-12-28(13-9-7-2)17-20-21(29)11-10-19-25(30)22(34-26(19)20)14-18-15-23(31-3)27(33-5)24(16-18)32-4/h10-11,14-16,29H,6-9,12-13,17H2,1-5H3. The molecule has 7 heteroatoms. The SMILES string of the molecule is CCCC[NH+](CCCC)Cc1c([O-])ccc2c1OC(=Cc1cc(OC)c(OC)c(OC)c1)C2=O. The van der Waals surface area contributed by atoms with Gasteiger partial charge < -0.3 is 29.0 Å². The summed E-state index contributed by atoms with van der Waals surface area (Å²) in [5.41, 5.74) is 1.66. The topological polar surface area (TPSA) is 81.5 Å². The Morgan fingerprint density at radius 1 is 0.971 bits per heavy atom. The number of benzene rings is 2. The van der Waals surface area contributed by atoms with Crippen molar-refractivity contribution in [3.8, 4) is 28.7 Å². The maximum Gasteiger partial charge on any atom is 0.231 e. The molecule has 34 heavy (non-hydrogen) atoms. The second-order valence-corrected chi connectivity index (χ2v) is 8.45. The van der Waals surface area contributed by atoms with E-state index in [9.17, 15) is 9.90 Å². The Kier molecular flexibility index (Phi) is 8.82. The number of hydrogen-bond donors (Lipinski definition) is 1. The van der Waals surface area contributed by atoms with Gasteiger partial charge in [0.05, 0.1) is 40.0 Å². The van der Waals surface area contributed by atoms with Gasteiger partial charge in [-0.3, -0.25) is 4.79 Å². The third kappa shape index (κ3) is 5.47. The normalized spacial score (nSPS) is 13.8. The maximum atomic E-state index is 13.1. The van der Waals surface area contributed by atoms with Gasteiger partial charge in [-0.25, -0.2) is 0 Å². The molecule has 0 aliphatic carbocycles. The van der Waals surface area contributed by atoms with Crippen LogP contribution in [-0.4, -0.2) is 40.2 Å². The largest absolute Gasteiger partial charge is 0.872 e. The molecule has 7 nitrogen and oxygen atoms in total. The fraction of sp³-hybridized carbons (Fsp3) is 0.444. The van der Waals surface area contributed by atoms with Crippen molar-refractivity contribution >= 4 is 11.9 Å². The van der Waals surface area contributed by atoms with Crippen LogP contribution in [0.25, 0.3) is 6.08 Å². The smallest absolute Gasteiger partial charge is 0.231 e. The van der Waals surface area contributed by atoms with E-state index in [2.05, 4.69) is 13.8 Å². The van der Waals surface area contributed by atoms with Crippen molar-refractivity contribution in [3.63, 3.8) is 0 Å². The first-order valence-electron chi connectivity index (χ1n) is 11.9. The lowest BCUT2D eigenvalue weighted by molar-refractivity contribution is -0.914. The molecule has 1 heterocycles. The van der Waals surface area contributed by atoms with Gasteiger partial charge >= 0.3 is 0 Å². The number of rotatable bonds is 12. The van der Waals surface area contributed by atoms with Crippen LogP contribution in [0.5, 0.6) is 28.7 Å². The first kappa shape index (κ1) is 25.4. The lowest BCUT2D eigenvalue weighted by Crippen LogP contribution is -3.10. The number of carbonyl (C=O) groups is 1. The summed E-state index contributed by atoms with van der Waals surface area (Å²) < 4.78 is 22.2. The molecule has 2 aromatic rings. The zero-order chi connectivity index (χ0) is 24.7. The van der Waals surface area contributed by atoms with E-state index in [0.29, 0.717) is 46.2 Å². The third-order valence-corrected chi connectivity index (χ3v) is 6.08. The predicted octanol–water partition coefficient (Wildman–Crippen LogP) is 3.39. The van der Waals surface area contributed by atoms with Crippen molar-refractivity contribution in [1.82, 2.24) is 0 Å². The van der Waals surface area contributed by atoms with E-state index in [1.807, 2.05) is 0 Å². The minimum absolute atomic E-state index is 0.0916. The number of allylic oxidation sites excluding steroid dienone is 1. The second-order valence-electron chi connectivity index (χ2n) is 8.45. The van der Waals surface area contributed by atoms with E-state index >= 15 is 0 Å². The summed E-state index contributed by atoms with van der Waals surface area (Å²) in [6, 6.07) is 6.54. The lowest BCUT2D eigenvalue weighted by atomic mass is 10.0. The minimum atomic E-state index is -0.242. The molecule has 0 amide bonds. The van der Waals surface area contributed by atoms with Crippen LogP contribution >= 0.6 is 0 Å². The number of nitrogens with one attached hydrogen (secondary N) is 1. The molecule has 0 saturated heterocycles. The molecule has 0 fully saturated rings. The molecule has 1 N–H and O–H groups in total. The minimum Gasteiger partial charge on any atom is -0.872 e. The molecule has 1 aliphatic rings. The molecule has 2 aromatic carbocycles. The molecule has 0 spiro atoms. The van der Waals surface area contributed by atoms with Crippen molar-refractivity contribution < 1.29 is 33.7 Å². The van der Waals surface area contributed by atoms with Gasteiger partial charge in [-0.15, -0.1) is 0 Å². The fourth-order valence-electron chi connectivity index (χ4n) is 4.20. The monoisotopic (exact) mass is 469 g/mol. The summed E-state index contributed by atoms with van der Waals surface area (Å²) in [7, 11) is 4.61. The molecule has 1 aliphatic heterocycles. The first-order chi connectivity index (χ1) is 16.5. The van der Waals surface area contributed by atoms with Gasteiger partial charge in [0.1, 0.15) is 12.3 Å². The number of Topliss-reactive ketones (excluding diaryl/α,β-unsaturated/α-hetero) is 1. The van der Waals surface area contributed by atoms with Gasteiger partial charge in [0.15, 0.2) is 17.3 Å². The molecule has 184 valence electrons. The molecule has 0 saturated carbocycles. The number of quaternary nitrogens is 1. The second kappa shape index (κ2) is 11.8. The highest BCUT2D eigenvalue weighted by atomic mass is 16.5. The van der Waals surface area contributed by atoms with Gasteiger partial charge in [0.2, 0.25) is 11.5 Å². The third-order valence-electron chi connectivity index (χ3n) is 6.08. The summed E-state index contributed by atoms with van der Waals surface area (Å²) in [6.45, 7) is 6.85. The number of ketones is 1. The Morgan fingerprint density at radius 2 is 1.59 bits per heavy atom. The average molecular weight is 470 g/mol. The van der Waals surface area contributed by atoms with Crippen LogP contribution in [0.4, 0.5) is 0 Å². The van der Waals surface area contributed by atoms with Crippen LogP contribution in [0.1, 0.15) is 61.0 Å². The highest BCUT2D eigenvalue weighted by Gasteiger charge is 2.31. The molecular weight excluding hydrogens is 434 g/mol. The quantitative estimate of drug-likeness (QED) is 0.480. The Hall–Kier alpha value is -3.19. The summed E-state index contributed by atoms with van der Waals surface area (Å²) in [4.78, 5) is 14.5. The Bertz CT molecular complexity index is 1010. The van der Waals surface area contributed by atoms with E-state index in [1.165, 1.54) is 32.3 Å². The zero-order valence-corrected chi connectivity index (χ0v) is 20.8. The number of carbonyl (C=O) groups excluding carboxylic acids is 1. The van der Waals surface area contributed by atoms with Crippen molar-refractivity contribution in [3.05, 3.63) is 46.7 Å². The highest BCUT2D eigenvalue weighted by Crippen LogP contribution is 2.41. The lowest BCUT2D eigenvalue weighted by Gasteiger charge is -2.23. The van der Waals surface area contributed by atoms with E-state index in [0.717, 1.165) is 38.8 Å². The van der Waals surface area contributed by atoms with E-state index in [4.69, 9.17) is 18.9 Å². The molecular formula is C27H35NO6. The summed E-state index contributed by atoms with van der Waals surface area (Å²) in [5.74, 6) is 1.64. The first-order valence-corrected chi connectivity index (χ1v) is 11.9. The van der Waals surface area contributed by atoms with Crippen LogP contribution in [0, 0.1) is 0 Å². The van der Waals surface area contributed by atoms with Gasteiger partial charge in [-0.2, -0.15) is 0 Å². The fourth-order valence-corrected chi connectivity index (χ4v) is 4.20. The van der Waals surface area contributed by atoms with E-state index in [-0.39, 0.29) is 17.3 Å². The van der Waals surface area contributed by atoms with Gasteiger partial charge in [0.25, 0.3) is 0 Å². The van der Waals surface area contributed by atoms with Gasteiger partial charge in [-0.05, 0) is 42.7 Å². The highest BCUT2D eigenvalue weighted by molar-refractivity contribution is 6.15. The Labute approximate surface area is 201 Å². The maximum absolute atomic E-state index is 13.1. The summed E-state index contributed by atoms with van der Waals surface area (Å²) >= 11 is 0. The van der Waals surface area contributed by atoms with Crippen LogP contribution in [0.15, 0.2) is 30.0 Å².